The van der Waals surface area contributed by atoms with Crippen molar-refractivity contribution in [2.45, 2.75) is 13.5 Å². The van der Waals surface area contributed by atoms with Gasteiger partial charge < -0.3 is 5.32 Å². The van der Waals surface area contributed by atoms with E-state index in [1.807, 2.05) is 19.1 Å². The third-order valence-corrected chi connectivity index (χ3v) is 3.38. The predicted octanol–water partition coefficient (Wildman–Crippen LogP) is 4.38. The summed E-state index contributed by atoms with van der Waals surface area (Å²) in [5.74, 6) is -0.251. The van der Waals surface area contributed by atoms with Gasteiger partial charge in [-0.1, -0.05) is 22.0 Å². The fourth-order valence-electron chi connectivity index (χ4n) is 1.78. The Morgan fingerprint density at radius 2 is 2.05 bits per heavy atom. The van der Waals surface area contributed by atoms with E-state index in [9.17, 15) is 4.39 Å². The van der Waals surface area contributed by atoms with Gasteiger partial charge in [-0.15, -0.1) is 0 Å². The number of benzene rings is 2. The van der Waals surface area contributed by atoms with Crippen LogP contribution in [0.3, 0.4) is 0 Å². The van der Waals surface area contributed by atoms with Gasteiger partial charge in [0.25, 0.3) is 0 Å². The van der Waals surface area contributed by atoms with Gasteiger partial charge in [0.05, 0.1) is 11.3 Å². The second kappa shape index (κ2) is 5.85. The van der Waals surface area contributed by atoms with Crippen LogP contribution in [0, 0.1) is 24.1 Å². The fourth-order valence-corrected chi connectivity index (χ4v) is 2.15. The second-order valence-corrected chi connectivity index (χ2v) is 5.14. The van der Waals surface area contributed by atoms with E-state index < -0.39 is 0 Å². The SMILES string of the molecule is Cc1ccc(F)cc1CNc1ccc(Br)cc1C#N. The maximum absolute atomic E-state index is 13.2. The van der Waals surface area contributed by atoms with Crippen molar-refractivity contribution in [3.05, 3.63) is 63.4 Å². The molecule has 0 saturated carbocycles. The summed E-state index contributed by atoms with van der Waals surface area (Å²) in [6, 6.07) is 12.3. The first-order chi connectivity index (χ1) is 9.10. The van der Waals surface area contributed by atoms with Crippen molar-refractivity contribution < 1.29 is 4.39 Å². The van der Waals surface area contributed by atoms with Crippen LogP contribution in [0.1, 0.15) is 16.7 Å². The minimum atomic E-state index is -0.251. The number of hydrogen-bond acceptors (Lipinski definition) is 2. The first-order valence-electron chi connectivity index (χ1n) is 5.78. The summed E-state index contributed by atoms with van der Waals surface area (Å²) in [5.41, 5.74) is 3.20. The molecular formula is C15H12BrFN2. The molecule has 4 heteroatoms. The van der Waals surface area contributed by atoms with E-state index in [1.165, 1.54) is 12.1 Å². The zero-order chi connectivity index (χ0) is 13.8. The number of aryl methyl sites for hydroxylation is 1. The lowest BCUT2D eigenvalue weighted by atomic mass is 10.1. The van der Waals surface area contributed by atoms with Crippen LogP contribution in [-0.4, -0.2) is 0 Å². The van der Waals surface area contributed by atoms with Crippen molar-refractivity contribution in [1.82, 2.24) is 0 Å². The molecular weight excluding hydrogens is 307 g/mol. The van der Waals surface area contributed by atoms with E-state index in [4.69, 9.17) is 5.26 Å². The minimum absolute atomic E-state index is 0.251. The number of halogens is 2. The lowest BCUT2D eigenvalue weighted by Gasteiger charge is -2.10. The second-order valence-electron chi connectivity index (χ2n) is 4.23. The molecule has 0 aliphatic carbocycles. The third kappa shape index (κ3) is 3.33. The molecule has 19 heavy (non-hydrogen) atoms. The van der Waals surface area contributed by atoms with Crippen molar-refractivity contribution in [2.24, 2.45) is 0 Å². The number of rotatable bonds is 3. The molecule has 0 aliphatic heterocycles. The average Bonchev–Trinajstić information content (AvgIpc) is 2.40. The zero-order valence-corrected chi connectivity index (χ0v) is 12.0. The van der Waals surface area contributed by atoms with E-state index in [-0.39, 0.29) is 5.82 Å². The molecule has 0 aromatic heterocycles. The summed E-state index contributed by atoms with van der Waals surface area (Å²) < 4.78 is 14.0. The highest BCUT2D eigenvalue weighted by atomic mass is 79.9. The molecule has 2 nitrogen and oxygen atoms in total. The molecule has 0 bridgehead atoms. The van der Waals surface area contributed by atoms with Crippen LogP contribution in [0.4, 0.5) is 10.1 Å². The van der Waals surface area contributed by atoms with Gasteiger partial charge in [0.1, 0.15) is 11.9 Å². The van der Waals surface area contributed by atoms with Crippen molar-refractivity contribution in [3.8, 4) is 6.07 Å². The molecule has 0 atom stereocenters. The van der Waals surface area contributed by atoms with Gasteiger partial charge in [-0.3, -0.25) is 0 Å². The molecule has 2 aromatic carbocycles. The summed E-state index contributed by atoms with van der Waals surface area (Å²) in [6.07, 6.45) is 0. The van der Waals surface area contributed by atoms with Gasteiger partial charge in [-0.25, -0.2) is 4.39 Å². The highest BCUT2D eigenvalue weighted by Crippen LogP contribution is 2.21. The smallest absolute Gasteiger partial charge is 0.123 e. The summed E-state index contributed by atoms with van der Waals surface area (Å²) in [6.45, 7) is 2.42. The quantitative estimate of drug-likeness (QED) is 0.911. The van der Waals surface area contributed by atoms with Crippen LogP contribution < -0.4 is 5.32 Å². The van der Waals surface area contributed by atoms with Gasteiger partial charge in [-0.05, 0) is 48.4 Å². The highest BCUT2D eigenvalue weighted by Gasteiger charge is 2.04. The lowest BCUT2D eigenvalue weighted by molar-refractivity contribution is 0.625. The van der Waals surface area contributed by atoms with Crippen LogP contribution in [0.25, 0.3) is 0 Å². The van der Waals surface area contributed by atoms with Gasteiger partial charge in [0.15, 0.2) is 0 Å². The van der Waals surface area contributed by atoms with Crippen LogP contribution in [-0.2, 0) is 6.54 Å². The van der Waals surface area contributed by atoms with E-state index in [2.05, 4.69) is 27.3 Å². The first-order valence-corrected chi connectivity index (χ1v) is 6.58. The van der Waals surface area contributed by atoms with Crippen molar-refractivity contribution in [3.63, 3.8) is 0 Å². The number of anilines is 1. The number of hydrogen-bond donors (Lipinski definition) is 1. The van der Waals surface area contributed by atoms with E-state index >= 15 is 0 Å². The molecule has 0 spiro atoms. The standard InChI is InChI=1S/C15H12BrFN2/c1-10-2-4-14(17)7-12(10)9-19-15-5-3-13(16)6-11(15)8-18/h2-7,19H,9H2,1H3. The molecule has 0 heterocycles. The summed E-state index contributed by atoms with van der Waals surface area (Å²) in [4.78, 5) is 0. The summed E-state index contributed by atoms with van der Waals surface area (Å²) >= 11 is 3.33. The normalized spacial score (nSPS) is 10.0. The average molecular weight is 319 g/mol. The Morgan fingerprint density at radius 3 is 2.79 bits per heavy atom. The molecule has 0 saturated heterocycles. The number of nitriles is 1. The largest absolute Gasteiger partial charge is 0.380 e. The minimum Gasteiger partial charge on any atom is -0.380 e. The Labute approximate surface area is 120 Å². The van der Waals surface area contributed by atoms with Crippen LogP contribution in [0.5, 0.6) is 0 Å². The van der Waals surface area contributed by atoms with Gasteiger partial charge in [0, 0.05) is 11.0 Å². The van der Waals surface area contributed by atoms with Gasteiger partial charge >= 0.3 is 0 Å². The van der Waals surface area contributed by atoms with Crippen molar-refractivity contribution in [1.29, 1.82) is 5.26 Å². The molecule has 0 fully saturated rings. The maximum Gasteiger partial charge on any atom is 0.123 e. The lowest BCUT2D eigenvalue weighted by Crippen LogP contribution is -2.03. The monoisotopic (exact) mass is 318 g/mol. The third-order valence-electron chi connectivity index (χ3n) is 2.88. The van der Waals surface area contributed by atoms with Crippen LogP contribution >= 0.6 is 15.9 Å². The Hall–Kier alpha value is -1.86. The maximum atomic E-state index is 13.2. The number of nitrogens with zero attached hydrogens (tertiary/aromatic N) is 1. The molecule has 0 amide bonds. The zero-order valence-electron chi connectivity index (χ0n) is 10.4. The fraction of sp³-hybridized carbons (Fsp3) is 0.133. The molecule has 0 aliphatic rings. The molecule has 2 rings (SSSR count). The predicted molar refractivity (Wildman–Crippen MR) is 77.3 cm³/mol. The van der Waals surface area contributed by atoms with E-state index in [0.29, 0.717) is 12.1 Å². The van der Waals surface area contributed by atoms with E-state index in [1.54, 1.807) is 12.1 Å². The van der Waals surface area contributed by atoms with Crippen LogP contribution in [0.15, 0.2) is 40.9 Å². The molecule has 2 aromatic rings. The Morgan fingerprint density at radius 1 is 1.26 bits per heavy atom. The Kier molecular flexibility index (Phi) is 4.18. The molecule has 0 radical (unpaired) electrons. The summed E-state index contributed by atoms with van der Waals surface area (Å²) in [5, 5.41) is 12.2. The van der Waals surface area contributed by atoms with Gasteiger partial charge in [0.2, 0.25) is 0 Å². The van der Waals surface area contributed by atoms with Crippen molar-refractivity contribution in [2.75, 3.05) is 5.32 Å². The van der Waals surface area contributed by atoms with Crippen LogP contribution in [0.2, 0.25) is 0 Å². The summed E-state index contributed by atoms with van der Waals surface area (Å²) in [7, 11) is 0. The molecule has 96 valence electrons. The highest BCUT2D eigenvalue weighted by molar-refractivity contribution is 9.10. The number of nitrogens with one attached hydrogen (secondary N) is 1. The molecule has 0 unspecified atom stereocenters. The Bertz CT molecular complexity index is 647. The molecule has 1 N–H and O–H groups in total. The van der Waals surface area contributed by atoms with E-state index in [0.717, 1.165) is 21.3 Å². The first kappa shape index (κ1) is 13.6. The Balaban J connectivity index is 2.19. The van der Waals surface area contributed by atoms with Gasteiger partial charge in [-0.2, -0.15) is 5.26 Å². The van der Waals surface area contributed by atoms with Crippen molar-refractivity contribution >= 4 is 21.6 Å². The topological polar surface area (TPSA) is 35.8 Å².